The molecule has 0 unspecified atom stereocenters. The molecule has 0 aliphatic heterocycles. The maximum Gasteiger partial charge on any atom is 0.305 e. The topological polar surface area (TPSA) is 35.5 Å². The Morgan fingerprint density at radius 1 is 1.25 bits per heavy atom. The van der Waals surface area contributed by atoms with E-state index in [1.54, 1.807) is 0 Å². The molecule has 1 aliphatic carbocycles. The Balaban J connectivity index is 2.05. The van der Waals surface area contributed by atoms with Crippen LogP contribution in [0, 0.1) is 0 Å². The molecule has 0 radical (unpaired) electrons. The maximum absolute atomic E-state index is 11.2. The van der Waals surface area contributed by atoms with Crippen LogP contribution < -0.4 is 4.74 Å². The molecule has 1 fully saturated rings. The van der Waals surface area contributed by atoms with Crippen LogP contribution in [0.15, 0.2) is 21.1 Å². The second-order valence-corrected chi connectivity index (χ2v) is 6.70. The predicted octanol–water partition coefficient (Wildman–Crippen LogP) is 4.64. The second-order valence-electron chi connectivity index (χ2n) is 4.99. The molecular weight excluding hydrogens is 388 g/mol. The minimum Gasteiger partial charge on any atom is -0.488 e. The summed E-state index contributed by atoms with van der Waals surface area (Å²) in [4.78, 5) is 11.2. The summed E-state index contributed by atoms with van der Waals surface area (Å²) in [7, 11) is 1.41. The molecule has 20 heavy (non-hydrogen) atoms. The van der Waals surface area contributed by atoms with Crippen molar-refractivity contribution >= 4 is 37.8 Å². The number of ether oxygens (including phenoxy) is 2. The number of hydrogen-bond acceptors (Lipinski definition) is 3. The third-order valence-electron chi connectivity index (χ3n) is 3.49. The van der Waals surface area contributed by atoms with Gasteiger partial charge >= 0.3 is 5.97 Å². The molecule has 1 aromatic rings. The number of hydrogen-bond donors (Lipinski definition) is 0. The van der Waals surface area contributed by atoms with Crippen molar-refractivity contribution in [3.63, 3.8) is 0 Å². The van der Waals surface area contributed by atoms with Crippen molar-refractivity contribution in [1.82, 2.24) is 0 Å². The van der Waals surface area contributed by atoms with Crippen LogP contribution in [-0.2, 0) is 16.0 Å². The van der Waals surface area contributed by atoms with E-state index in [0.717, 1.165) is 33.1 Å². The van der Waals surface area contributed by atoms with Crippen molar-refractivity contribution < 1.29 is 14.3 Å². The van der Waals surface area contributed by atoms with Gasteiger partial charge in [-0.2, -0.15) is 0 Å². The van der Waals surface area contributed by atoms with Gasteiger partial charge in [0.25, 0.3) is 0 Å². The lowest BCUT2D eigenvalue weighted by Gasteiger charge is -2.17. The van der Waals surface area contributed by atoms with E-state index in [1.807, 2.05) is 12.1 Å². The third kappa shape index (κ3) is 4.22. The smallest absolute Gasteiger partial charge is 0.305 e. The Bertz CT molecular complexity index is 459. The highest BCUT2D eigenvalue weighted by Crippen LogP contribution is 2.37. The number of carbonyl (C=O) groups excluding carboxylic acids is 1. The molecule has 0 spiro atoms. The van der Waals surface area contributed by atoms with Crippen molar-refractivity contribution in [2.45, 2.75) is 44.6 Å². The zero-order chi connectivity index (χ0) is 14.5. The normalized spacial score (nSPS) is 15.3. The van der Waals surface area contributed by atoms with Gasteiger partial charge in [-0.25, -0.2) is 0 Å². The predicted molar refractivity (Wildman–Crippen MR) is 85.1 cm³/mol. The highest BCUT2D eigenvalue weighted by molar-refractivity contribution is 9.11. The molecule has 1 aromatic carbocycles. The summed E-state index contributed by atoms with van der Waals surface area (Å²) in [5.74, 6) is 0.669. The Morgan fingerprint density at radius 3 is 2.40 bits per heavy atom. The Hall–Kier alpha value is -0.550. The lowest BCUT2D eigenvalue weighted by Crippen LogP contribution is -2.11. The van der Waals surface area contributed by atoms with Crippen molar-refractivity contribution in [1.29, 1.82) is 0 Å². The summed E-state index contributed by atoms with van der Waals surface area (Å²) in [6.45, 7) is 0. The Morgan fingerprint density at radius 2 is 1.85 bits per heavy atom. The second kappa shape index (κ2) is 7.46. The molecule has 0 saturated heterocycles. The lowest BCUT2D eigenvalue weighted by molar-refractivity contribution is -0.140. The minimum atomic E-state index is -0.191. The van der Waals surface area contributed by atoms with E-state index in [1.165, 1.54) is 20.0 Å². The van der Waals surface area contributed by atoms with Crippen LogP contribution in [0.1, 0.15) is 37.7 Å². The van der Waals surface area contributed by atoms with Crippen LogP contribution in [0.3, 0.4) is 0 Å². The van der Waals surface area contributed by atoms with Gasteiger partial charge in [-0.15, -0.1) is 0 Å². The summed E-state index contributed by atoms with van der Waals surface area (Å²) < 4.78 is 12.6. The summed E-state index contributed by atoms with van der Waals surface area (Å²) >= 11 is 7.12. The van der Waals surface area contributed by atoms with Crippen LogP contribution in [0.4, 0.5) is 0 Å². The minimum absolute atomic E-state index is 0.191. The van der Waals surface area contributed by atoms with Gasteiger partial charge < -0.3 is 9.47 Å². The van der Waals surface area contributed by atoms with E-state index in [2.05, 4.69) is 36.6 Å². The van der Waals surface area contributed by atoms with E-state index in [-0.39, 0.29) is 5.97 Å². The van der Waals surface area contributed by atoms with Gasteiger partial charge in [-0.05, 0) is 81.7 Å². The number of rotatable bonds is 5. The molecule has 0 N–H and O–H groups in total. The fraction of sp³-hybridized carbons (Fsp3) is 0.533. The largest absolute Gasteiger partial charge is 0.488 e. The van der Waals surface area contributed by atoms with Crippen molar-refractivity contribution in [3.8, 4) is 5.75 Å². The van der Waals surface area contributed by atoms with Gasteiger partial charge in [0.2, 0.25) is 0 Å². The molecule has 0 aromatic heterocycles. The average Bonchev–Trinajstić information content (AvgIpc) is 2.93. The molecule has 0 amide bonds. The van der Waals surface area contributed by atoms with Gasteiger partial charge in [0.05, 0.1) is 22.2 Å². The quantitative estimate of drug-likeness (QED) is 0.669. The number of benzene rings is 1. The third-order valence-corrected chi connectivity index (χ3v) is 4.67. The van der Waals surface area contributed by atoms with Crippen LogP contribution in [0.5, 0.6) is 5.75 Å². The fourth-order valence-electron chi connectivity index (χ4n) is 2.39. The number of halogens is 2. The molecule has 2 rings (SSSR count). The SMILES string of the molecule is COC(=O)CCc1cc(Br)c(OC2CCCC2)c(Br)c1. The zero-order valence-corrected chi connectivity index (χ0v) is 14.6. The van der Waals surface area contributed by atoms with E-state index in [4.69, 9.17) is 4.74 Å². The summed E-state index contributed by atoms with van der Waals surface area (Å²) in [6.07, 6.45) is 6.12. The molecule has 0 bridgehead atoms. The summed E-state index contributed by atoms with van der Waals surface area (Å²) in [5.41, 5.74) is 1.08. The Kier molecular flexibility index (Phi) is 5.90. The van der Waals surface area contributed by atoms with Crippen molar-refractivity contribution in [2.24, 2.45) is 0 Å². The first-order valence-corrected chi connectivity index (χ1v) is 8.40. The van der Waals surface area contributed by atoms with Crippen LogP contribution >= 0.6 is 31.9 Å². The molecule has 1 saturated carbocycles. The van der Waals surface area contributed by atoms with Gasteiger partial charge in [0, 0.05) is 6.42 Å². The van der Waals surface area contributed by atoms with Gasteiger partial charge in [-0.3, -0.25) is 4.79 Å². The maximum atomic E-state index is 11.2. The van der Waals surface area contributed by atoms with Gasteiger partial charge in [0.1, 0.15) is 5.75 Å². The van der Waals surface area contributed by atoms with Crippen LogP contribution in [-0.4, -0.2) is 19.2 Å². The molecule has 5 heteroatoms. The molecule has 0 heterocycles. The van der Waals surface area contributed by atoms with Crippen molar-refractivity contribution in [2.75, 3.05) is 7.11 Å². The average molecular weight is 406 g/mol. The van der Waals surface area contributed by atoms with Gasteiger partial charge in [-0.1, -0.05) is 0 Å². The van der Waals surface area contributed by atoms with Crippen LogP contribution in [0.25, 0.3) is 0 Å². The zero-order valence-electron chi connectivity index (χ0n) is 11.5. The van der Waals surface area contributed by atoms with Crippen molar-refractivity contribution in [3.05, 3.63) is 26.6 Å². The first kappa shape index (κ1) is 15.8. The van der Waals surface area contributed by atoms with E-state index < -0.39 is 0 Å². The van der Waals surface area contributed by atoms with E-state index in [0.29, 0.717) is 18.9 Å². The molecular formula is C15H18Br2O3. The highest BCUT2D eigenvalue weighted by atomic mass is 79.9. The number of carbonyl (C=O) groups is 1. The molecule has 3 nitrogen and oxygen atoms in total. The summed E-state index contributed by atoms with van der Waals surface area (Å²) in [5, 5.41) is 0. The lowest BCUT2D eigenvalue weighted by atomic mass is 10.1. The number of aryl methyl sites for hydroxylation is 1. The van der Waals surface area contributed by atoms with Gasteiger partial charge in [0.15, 0.2) is 0 Å². The number of methoxy groups -OCH3 is 1. The molecule has 1 aliphatic rings. The highest BCUT2D eigenvalue weighted by Gasteiger charge is 2.19. The Labute approximate surface area is 136 Å². The standard InChI is InChI=1S/C15H18Br2O3/c1-19-14(18)7-6-10-8-12(16)15(13(17)9-10)20-11-4-2-3-5-11/h8-9,11H,2-7H2,1H3. The fourth-order valence-corrected chi connectivity index (χ4v) is 3.86. The molecule has 110 valence electrons. The first-order chi connectivity index (χ1) is 9.60. The molecule has 0 atom stereocenters. The van der Waals surface area contributed by atoms with E-state index >= 15 is 0 Å². The first-order valence-electron chi connectivity index (χ1n) is 6.81. The number of esters is 1. The van der Waals surface area contributed by atoms with E-state index in [9.17, 15) is 4.79 Å². The van der Waals surface area contributed by atoms with Crippen LogP contribution in [0.2, 0.25) is 0 Å². The summed E-state index contributed by atoms with van der Waals surface area (Å²) in [6, 6.07) is 4.02. The monoisotopic (exact) mass is 404 g/mol.